The summed E-state index contributed by atoms with van der Waals surface area (Å²) in [4.78, 5) is 0.189. The number of sulfone groups is 1. The van der Waals surface area contributed by atoms with Crippen molar-refractivity contribution in [2.75, 3.05) is 7.11 Å². The minimum Gasteiger partial charge on any atom is -0.496 e. The number of sulfonamides is 1. The molecule has 0 saturated carbocycles. The van der Waals surface area contributed by atoms with Gasteiger partial charge in [0.05, 0.1) is 16.9 Å². The highest BCUT2D eigenvalue weighted by Crippen LogP contribution is 2.31. The zero-order valence-electron chi connectivity index (χ0n) is 18.6. The van der Waals surface area contributed by atoms with Crippen molar-refractivity contribution in [3.8, 4) is 5.75 Å². The molecule has 0 aliphatic carbocycles. The fourth-order valence-corrected chi connectivity index (χ4v) is 7.41. The van der Waals surface area contributed by atoms with E-state index in [9.17, 15) is 16.8 Å². The van der Waals surface area contributed by atoms with E-state index in [2.05, 4.69) is 4.72 Å². The van der Waals surface area contributed by atoms with Crippen LogP contribution in [0.25, 0.3) is 0 Å². The Kier molecular flexibility index (Phi) is 7.37. The Bertz CT molecular complexity index is 1120. The van der Waals surface area contributed by atoms with Gasteiger partial charge in [-0.15, -0.1) is 0 Å². The highest BCUT2D eigenvalue weighted by atomic mass is 32.2. The first-order valence-corrected chi connectivity index (χ1v) is 12.8. The van der Waals surface area contributed by atoms with Crippen molar-refractivity contribution in [1.82, 2.24) is 4.72 Å². The number of rotatable bonds is 8. The molecule has 8 heteroatoms. The monoisotopic (exact) mass is 453 g/mol. The van der Waals surface area contributed by atoms with Gasteiger partial charge in [-0.3, -0.25) is 0 Å². The molecule has 0 heterocycles. The van der Waals surface area contributed by atoms with Crippen molar-refractivity contribution in [3.05, 3.63) is 52.6 Å². The summed E-state index contributed by atoms with van der Waals surface area (Å²) in [5.74, 6) is 0.563. The number of benzene rings is 2. The SMILES string of the molecule is COc1cc(C)c(S(=O)(=O)NC(CC(C)C)S(=O)(=O)c2ccc(C)cc2)c(C)c1C. The van der Waals surface area contributed by atoms with Crippen LogP contribution in [0.3, 0.4) is 0 Å². The van der Waals surface area contributed by atoms with Crippen LogP contribution in [0.15, 0.2) is 40.1 Å². The van der Waals surface area contributed by atoms with Gasteiger partial charge in [-0.25, -0.2) is 16.8 Å². The van der Waals surface area contributed by atoms with Gasteiger partial charge in [-0.1, -0.05) is 31.5 Å². The van der Waals surface area contributed by atoms with Crippen LogP contribution >= 0.6 is 0 Å². The predicted octanol–water partition coefficient (Wildman–Crippen LogP) is 4.05. The molecule has 1 atom stereocenters. The third-order valence-electron chi connectivity index (χ3n) is 5.16. The molecule has 2 aromatic rings. The first kappa shape index (κ1) is 24.4. The highest BCUT2D eigenvalue weighted by molar-refractivity contribution is 7.94. The van der Waals surface area contributed by atoms with Crippen molar-refractivity contribution >= 4 is 19.9 Å². The number of ether oxygens (including phenoxy) is 1. The number of methoxy groups -OCH3 is 1. The molecule has 0 bridgehead atoms. The zero-order chi connectivity index (χ0) is 22.9. The first-order chi connectivity index (χ1) is 13.8. The second-order valence-corrected chi connectivity index (χ2v) is 11.9. The Labute approximate surface area is 180 Å². The molecule has 1 N–H and O–H groups in total. The Morgan fingerprint density at radius 3 is 2.00 bits per heavy atom. The minimum absolute atomic E-state index is 0.0299. The molecule has 0 radical (unpaired) electrons. The van der Waals surface area contributed by atoms with Crippen LogP contribution in [0.4, 0.5) is 0 Å². The topological polar surface area (TPSA) is 89.5 Å². The van der Waals surface area contributed by atoms with Crippen LogP contribution in [-0.4, -0.2) is 29.3 Å². The molecule has 0 saturated heterocycles. The number of hydrogen-bond acceptors (Lipinski definition) is 5. The van der Waals surface area contributed by atoms with E-state index in [4.69, 9.17) is 4.74 Å². The third kappa shape index (κ3) is 5.04. The molecule has 0 spiro atoms. The zero-order valence-corrected chi connectivity index (χ0v) is 20.2. The largest absolute Gasteiger partial charge is 0.496 e. The summed E-state index contributed by atoms with van der Waals surface area (Å²) < 4.78 is 61.0. The summed E-state index contributed by atoms with van der Waals surface area (Å²) in [6.07, 6.45) is 0.155. The molecular weight excluding hydrogens is 422 g/mol. The van der Waals surface area contributed by atoms with Gasteiger partial charge in [0.25, 0.3) is 0 Å². The van der Waals surface area contributed by atoms with Gasteiger partial charge in [0, 0.05) is 0 Å². The quantitative estimate of drug-likeness (QED) is 0.651. The van der Waals surface area contributed by atoms with E-state index in [1.54, 1.807) is 39.0 Å². The van der Waals surface area contributed by atoms with Crippen LogP contribution in [0, 0.1) is 33.6 Å². The average Bonchev–Trinajstić information content (AvgIpc) is 2.63. The maximum Gasteiger partial charge on any atom is 0.242 e. The van der Waals surface area contributed by atoms with E-state index in [0.717, 1.165) is 5.56 Å². The lowest BCUT2D eigenvalue weighted by Gasteiger charge is -2.23. The summed E-state index contributed by atoms with van der Waals surface area (Å²) in [5.41, 5.74) is 2.66. The van der Waals surface area contributed by atoms with Crippen molar-refractivity contribution in [2.45, 2.75) is 63.1 Å². The molecule has 0 aliphatic rings. The summed E-state index contributed by atoms with van der Waals surface area (Å²) in [7, 11) is -6.49. The Morgan fingerprint density at radius 2 is 1.50 bits per heavy atom. The maximum absolute atomic E-state index is 13.3. The molecule has 2 aromatic carbocycles. The van der Waals surface area contributed by atoms with Crippen LogP contribution in [0.2, 0.25) is 0 Å². The van der Waals surface area contributed by atoms with Gasteiger partial charge < -0.3 is 4.74 Å². The molecule has 166 valence electrons. The lowest BCUT2D eigenvalue weighted by atomic mass is 10.1. The molecular formula is C22H31NO5S2. The van der Waals surface area contributed by atoms with E-state index >= 15 is 0 Å². The smallest absolute Gasteiger partial charge is 0.242 e. The predicted molar refractivity (Wildman–Crippen MR) is 119 cm³/mol. The molecule has 30 heavy (non-hydrogen) atoms. The maximum atomic E-state index is 13.3. The summed E-state index contributed by atoms with van der Waals surface area (Å²) in [6.45, 7) is 10.7. The number of nitrogens with one attached hydrogen (secondary N) is 1. The lowest BCUT2D eigenvalue weighted by Crippen LogP contribution is -2.42. The average molecular weight is 454 g/mol. The van der Waals surface area contributed by atoms with Gasteiger partial charge in [0.1, 0.15) is 11.1 Å². The van der Waals surface area contributed by atoms with Gasteiger partial charge in [-0.05, 0) is 74.9 Å². The van der Waals surface area contributed by atoms with Crippen LogP contribution in [0.1, 0.15) is 42.5 Å². The molecule has 0 aromatic heterocycles. The minimum atomic E-state index is -4.10. The Balaban J connectivity index is 2.56. The van der Waals surface area contributed by atoms with Gasteiger partial charge >= 0.3 is 0 Å². The third-order valence-corrected chi connectivity index (χ3v) is 9.06. The molecule has 0 amide bonds. The molecule has 0 fully saturated rings. The first-order valence-electron chi connectivity index (χ1n) is 9.79. The van der Waals surface area contributed by atoms with Crippen molar-refractivity contribution in [3.63, 3.8) is 0 Å². The number of aryl methyl sites for hydroxylation is 2. The van der Waals surface area contributed by atoms with Crippen LogP contribution in [0.5, 0.6) is 5.75 Å². The van der Waals surface area contributed by atoms with E-state index in [-0.39, 0.29) is 22.1 Å². The van der Waals surface area contributed by atoms with Gasteiger partial charge in [0.15, 0.2) is 9.84 Å². The van der Waals surface area contributed by atoms with E-state index in [1.807, 2.05) is 20.8 Å². The van der Waals surface area contributed by atoms with Crippen LogP contribution in [-0.2, 0) is 19.9 Å². The van der Waals surface area contributed by atoms with Crippen molar-refractivity contribution in [1.29, 1.82) is 0 Å². The van der Waals surface area contributed by atoms with E-state index < -0.39 is 25.2 Å². The molecule has 2 rings (SSSR count). The summed E-state index contributed by atoms with van der Waals surface area (Å²) in [6, 6.07) is 8.09. The fourth-order valence-electron chi connectivity index (χ4n) is 3.44. The Hall–Kier alpha value is -1.90. The second kappa shape index (κ2) is 9.08. The van der Waals surface area contributed by atoms with E-state index in [0.29, 0.717) is 22.4 Å². The molecule has 1 unspecified atom stereocenters. The van der Waals surface area contributed by atoms with Gasteiger partial charge in [-0.2, -0.15) is 4.72 Å². The highest BCUT2D eigenvalue weighted by Gasteiger charge is 2.34. The standard InChI is InChI=1S/C22H31NO5S2/c1-14(2)12-21(29(24,25)19-10-8-15(3)9-11-19)23-30(26,27)22-16(4)13-20(28-7)17(5)18(22)6/h8-11,13-14,21,23H,12H2,1-7H3. The Morgan fingerprint density at radius 1 is 0.933 bits per heavy atom. The van der Waals surface area contributed by atoms with Crippen molar-refractivity contribution in [2.24, 2.45) is 5.92 Å². The summed E-state index contributed by atoms with van der Waals surface area (Å²) >= 11 is 0. The summed E-state index contributed by atoms with van der Waals surface area (Å²) in [5, 5.41) is -1.27. The lowest BCUT2D eigenvalue weighted by molar-refractivity contribution is 0.410. The molecule has 6 nitrogen and oxygen atoms in total. The molecule has 0 aliphatic heterocycles. The fraction of sp³-hybridized carbons (Fsp3) is 0.455. The normalized spacial score (nSPS) is 13.5. The number of hydrogen-bond donors (Lipinski definition) is 1. The van der Waals surface area contributed by atoms with Gasteiger partial charge in [0.2, 0.25) is 10.0 Å². The van der Waals surface area contributed by atoms with Crippen LogP contribution < -0.4 is 9.46 Å². The van der Waals surface area contributed by atoms with Crippen molar-refractivity contribution < 1.29 is 21.6 Å². The van der Waals surface area contributed by atoms with E-state index in [1.165, 1.54) is 19.2 Å². The second-order valence-electron chi connectivity index (χ2n) is 8.07.